The molecule has 0 bridgehead atoms. The highest BCUT2D eigenvalue weighted by atomic mass is 16.6. The first-order valence-electron chi connectivity index (χ1n) is 9.26. The van der Waals surface area contributed by atoms with Crippen molar-refractivity contribution in [2.24, 2.45) is 0 Å². The maximum atomic E-state index is 12.3. The molecule has 1 aromatic rings. The van der Waals surface area contributed by atoms with E-state index in [9.17, 15) is 14.4 Å². The van der Waals surface area contributed by atoms with Crippen LogP contribution in [0.3, 0.4) is 0 Å². The number of hydrogen-bond donors (Lipinski definition) is 2. The number of likely N-dealkylation sites (tertiary alicyclic amines) is 1. The normalized spacial score (nSPS) is 14.4. The van der Waals surface area contributed by atoms with Crippen molar-refractivity contribution in [2.75, 3.05) is 32.8 Å². The fourth-order valence-corrected chi connectivity index (χ4v) is 2.89. The van der Waals surface area contributed by atoms with Gasteiger partial charge in [-0.3, -0.25) is 9.59 Å². The smallest absolute Gasteiger partial charge is 0.409 e. The molecular formula is C19H27N3O5. The van der Waals surface area contributed by atoms with Crippen LogP contribution in [0.1, 0.15) is 37.0 Å². The summed E-state index contributed by atoms with van der Waals surface area (Å²) < 4.78 is 10.4. The van der Waals surface area contributed by atoms with E-state index in [2.05, 4.69) is 10.6 Å². The Labute approximate surface area is 159 Å². The summed E-state index contributed by atoms with van der Waals surface area (Å²) >= 11 is 0. The number of para-hydroxylation sites is 1. The molecule has 1 saturated heterocycles. The Morgan fingerprint density at radius 1 is 1.11 bits per heavy atom. The Morgan fingerprint density at radius 3 is 2.48 bits per heavy atom. The lowest BCUT2D eigenvalue weighted by atomic mass is 10.1. The number of hydrogen-bond acceptors (Lipinski definition) is 5. The van der Waals surface area contributed by atoms with Crippen LogP contribution in [0.2, 0.25) is 0 Å². The first-order chi connectivity index (χ1) is 13.0. The zero-order valence-electron chi connectivity index (χ0n) is 15.8. The minimum absolute atomic E-state index is 0.0178. The molecule has 0 saturated carbocycles. The Morgan fingerprint density at radius 2 is 1.81 bits per heavy atom. The molecular weight excluding hydrogens is 350 g/mol. The van der Waals surface area contributed by atoms with E-state index in [1.54, 1.807) is 36.1 Å². The van der Waals surface area contributed by atoms with Gasteiger partial charge in [-0.05, 0) is 38.8 Å². The second kappa shape index (κ2) is 10.4. The van der Waals surface area contributed by atoms with Gasteiger partial charge >= 0.3 is 6.09 Å². The monoisotopic (exact) mass is 377 g/mol. The predicted octanol–water partition coefficient (Wildman–Crippen LogP) is 1.55. The SMILES string of the molecule is CCOC(=O)N1CCC(NC(=O)CNC(=O)c2ccccc2OCC)CC1. The quantitative estimate of drug-likeness (QED) is 0.751. The van der Waals surface area contributed by atoms with Crippen LogP contribution in [0.4, 0.5) is 4.79 Å². The lowest BCUT2D eigenvalue weighted by Crippen LogP contribution is -2.48. The van der Waals surface area contributed by atoms with Crippen LogP contribution < -0.4 is 15.4 Å². The van der Waals surface area contributed by atoms with Gasteiger partial charge in [0.1, 0.15) is 5.75 Å². The summed E-state index contributed by atoms with van der Waals surface area (Å²) in [4.78, 5) is 37.7. The zero-order valence-corrected chi connectivity index (χ0v) is 15.8. The molecule has 0 unspecified atom stereocenters. The van der Waals surface area contributed by atoms with Crippen LogP contribution in [-0.4, -0.2) is 61.7 Å². The van der Waals surface area contributed by atoms with Crippen molar-refractivity contribution in [3.8, 4) is 5.75 Å². The van der Waals surface area contributed by atoms with Crippen molar-refractivity contribution in [1.29, 1.82) is 0 Å². The number of piperidine rings is 1. The molecule has 2 rings (SSSR count). The first-order valence-corrected chi connectivity index (χ1v) is 9.26. The summed E-state index contributed by atoms with van der Waals surface area (Å²) in [7, 11) is 0. The van der Waals surface area contributed by atoms with Gasteiger partial charge in [0.15, 0.2) is 0 Å². The number of carbonyl (C=O) groups excluding carboxylic acids is 3. The summed E-state index contributed by atoms with van der Waals surface area (Å²) in [5.41, 5.74) is 0.398. The van der Waals surface area contributed by atoms with E-state index in [0.717, 1.165) is 0 Å². The average molecular weight is 377 g/mol. The van der Waals surface area contributed by atoms with Gasteiger partial charge in [0.05, 0.1) is 25.3 Å². The van der Waals surface area contributed by atoms with Crippen LogP contribution in [0.25, 0.3) is 0 Å². The molecule has 1 fully saturated rings. The standard InChI is InChI=1S/C19H27N3O5/c1-3-26-16-8-6-5-7-15(16)18(24)20-13-17(23)21-14-9-11-22(12-10-14)19(25)27-4-2/h5-8,14H,3-4,9-13H2,1-2H3,(H,20,24)(H,21,23). The van der Waals surface area contributed by atoms with E-state index in [-0.39, 0.29) is 30.5 Å². The Bertz CT molecular complexity index is 657. The Kier molecular flexibility index (Phi) is 7.91. The van der Waals surface area contributed by atoms with Crippen molar-refractivity contribution in [3.05, 3.63) is 29.8 Å². The summed E-state index contributed by atoms with van der Waals surface area (Å²) in [6.45, 7) is 5.38. The second-order valence-corrected chi connectivity index (χ2v) is 6.14. The Hall–Kier alpha value is -2.77. The van der Waals surface area contributed by atoms with E-state index in [4.69, 9.17) is 9.47 Å². The molecule has 148 valence electrons. The van der Waals surface area contributed by atoms with Crippen molar-refractivity contribution >= 4 is 17.9 Å². The van der Waals surface area contributed by atoms with Crippen LogP contribution >= 0.6 is 0 Å². The van der Waals surface area contributed by atoms with Gasteiger partial charge in [0.2, 0.25) is 5.91 Å². The van der Waals surface area contributed by atoms with Gasteiger partial charge in [-0.2, -0.15) is 0 Å². The van der Waals surface area contributed by atoms with E-state index in [0.29, 0.717) is 50.5 Å². The molecule has 3 amide bonds. The summed E-state index contributed by atoms with van der Waals surface area (Å²) in [5.74, 6) is -0.123. The number of nitrogens with zero attached hydrogens (tertiary/aromatic N) is 1. The summed E-state index contributed by atoms with van der Waals surface area (Å²) in [6.07, 6.45) is 1.000. The highest BCUT2D eigenvalue weighted by Crippen LogP contribution is 2.17. The first kappa shape index (κ1) is 20.5. The molecule has 2 N–H and O–H groups in total. The fraction of sp³-hybridized carbons (Fsp3) is 0.526. The van der Waals surface area contributed by atoms with Crippen molar-refractivity contribution in [2.45, 2.75) is 32.7 Å². The second-order valence-electron chi connectivity index (χ2n) is 6.14. The fourth-order valence-electron chi connectivity index (χ4n) is 2.89. The van der Waals surface area contributed by atoms with E-state index < -0.39 is 0 Å². The summed E-state index contributed by atoms with van der Waals surface area (Å²) in [5, 5.41) is 5.51. The number of benzene rings is 1. The third-order valence-corrected chi connectivity index (χ3v) is 4.23. The molecule has 1 aliphatic rings. The van der Waals surface area contributed by atoms with Crippen LogP contribution in [-0.2, 0) is 9.53 Å². The van der Waals surface area contributed by atoms with Crippen LogP contribution in [0.15, 0.2) is 24.3 Å². The van der Waals surface area contributed by atoms with Crippen molar-refractivity contribution in [3.63, 3.8) is 0 Å². The van der Waals surface area contributed by atoms with Gasteiger partial charge in [-0.15, -0.1) is 0 Å². The average Bonchev–Trinajstić information content (AvgIpc) is 2.67. The van der Waals surface area contributed by atoms with Gasteiger partial charge in [0, 0.05) is 19.1 Å². The summed E-state index contributed by atoms with van der Waals surface area (Å²) in [6, 6.07) is 6.89. The highest BCUT2D eigenvalue weighted by molar-refractivity contribution is 5.98. The Balaban J connectivity index is 1.75. The van der Waals surface area contributed by atoms with Crippen LogP contribution in [0, 0.1) is 0 Å². The maximum absolute atomic E-state index is 12.3. The number of rotatable bonds is 7. The third-order valence-electron chi connectivity index (χ3n) is 4.23. The van der Waals surface area contributed by atoms with Gasteiger partial charge in [0.25, 0.3) is 5.91 Å². The molecule has 1 heterocycles. The number of ether oxygens (including phenoxy) is 2. The van der Waals surface area contributed by atoms with E-state index >= 15 is 0 Å². The maximum Gasteiger partial charge on any atom is 0.409 e. The minimum atomic E-state index is -0.355. The molecule has 1 aliphatic heterocycles. The lowest BCUT2D eigenvalue weighted by Gasteiger charge is -2.31. The van der Waals surface area contributed by atoms with E-state index in [1.807, 2.05) is 6.92 Å². The molecule has 0 aliphatic carbocycles. The minimum Gasteiger partial charge on any atom is -0.493 e. The molecule has 0 atom stereocenters. The van der Waals surface area contributed by atoms with Gasteiger partial charge < -0.3 is 25.0 Å². The molecule has 0 spiro atoms. The lowest BCUT2D eigenvalue weighted by molar-refractivity contribution is -0.121. The molecule has 1 aromatic carbocycles. The zero-order chi connectivity index (χ0) is 19.6. The topological polar surface area (TPSA) is 97.0 Å². The predicted molar refractivity (Wildman–Crippen MR) is 99.7 cm³/mol. The molecule has 0 radical (unpaired) electrons. The highest BCUT2D eigenvalue weighted by Gasteiger charge is 2.24. The van der Waals surface area contributed by atoms with E-state index in [1.165, 1.54) is 0 Å². The number of amides is 3. The largest absolute Gasteiger partial charge is 0.493 e. The number of nitrogens with one attached hydrogen (secondary N) is 2. The number of carbonyl (C=O) groups is 3. The van der Waals surface area contributed by atoms with Crippen LogP contribution in [0.5, 0.6) is 5.75 Å². The molecule has 0 aromatic heterocycles. The van der Waals surface area contributed by atoms with Crippen molar-refractivity contribution in [1.82, 2.24) is 15.5 Å². The molecule has 27 heavy (non-hydrogen) atoms. The van der Waals surface area contributed by atoms with Crippen molar-refractivity contribution < 1.29 is 23.9 Å². The third kappa shape index (κ3) is 6.16. The molecule has 8 nitrogen and oxygen atoms in total. The van der Waals surface area contributed by atoms with Gasteiger partial charge in [-0.1, -0.05) is 12.1 Å². The molecule has 8 heteroatoms. The van der Waals surface area contributed by atoms with Gasteiger partial charge in [-0.25, -0.2) is 4.79 Å².